The molecule has 114 valence electrons. The molecule has 1 rings (SSSR count). The van der Waals surface area contributed by atoms with Crippen LogP contribution in [0.4, 0.5) is 0 Å². The highest BCUT2D eigenvalue weighted by Gasteiger charge is 2.16. The van der Waals surface area contributed by atoms with Gasteiger partial charge in [0.2, 0.25) is 10.0 Å². The van der Waals surface area contributed by atoms with E-state index >= 15 is 0 Å². The highest BCUT2D eigenvalue weighted by molar-refractivity contribution is 7.89. The highest BCUT2D eigenvalue weighted by Crippen LogP contribution is 2.16. The standard InChI is InChI=1S/C14H24N2O3S/c1-4-9-19-12-5-7-13(8-6-12)20(17,18)16-10-14(15)11(2)3/h5-8,11,14,16H,4,9-10,15H2,1-3H3. The minimum Gasteiger partial charge on any atom is -0.494 e. The fraction of sp³-hybridized carbons (Fsp3) is 0.571. The van der Waals surface area contributed by atoms with Crippen LogP contribution in [0.2, 0.25) is 0 Å². The summed E-state index contributed by atoms with van der Waals surface area (Å²) in [6, 6.07) is 6.19. The Balaban J connectivity index is 2.68. The molecule has 0 heterocycles. The van der Waals surface area contributed by atoms with Crippen LogP contribution in [-0.4, -0.2) is 27.6 Å². The maximum atomic E-state index is 12.1. The van der Waals surface area contributed by atoms with Crippen molar-refractivity contribution in [2.45, 2.75) is 38.1 Å². The molecule has 0 spiro atoms. The van der Waals surface area contributed by atoms with Crippen LogP contribution in [0, 0.1) is 5.92 Å². The van der Waals surface area contributed by atoms with Crippen molar-refractivity contribution in [3.8, 4) is 5.75 Å². The predicted octanol–water partition coefficient (Wildman–Crippen LogP) is 1.74. The third-order valence-corrected chi connectivity index (χ3v) is 4.41. The van der Waals surface area contributed by atoms with Crippen molar-refractivity contribution in [3.05, 3.63) is 24.3 Å². The monoisotopic (exact) mass is 300 g/mol. The van der Waals surface area contributed by atoms with Crippen LogP contribution in [0.25, 0.3) is 0 Å². The van der Waals surface area contributed by atoms with Crippen LogP contribution in [0.15, 0.2) is 29.2 Å². The fourth-order valence-corrected chi connectivity index (χ4v) is 2.53. The average molecular weight is 300 g/mol. The Bertz CT molecular complexity index is 498. The summed E-state index contributed by atoms with van der Waals surface area (Å²) < 4.78 is 32.1. The van der Waals surface area contributed by atoms with Gasteiger partial charge in [0.05, 0.1) is 11.5 Å². The van der Waals surface area contributed by atoms with Gasteiger partial charge in [0, 0.05) is 12.6 Å². The van der Waals surface area contributed by atoms with Crippen LogP contribution in [-0.2, 0) is 10.0 Å². The summed E-state index contributed by atoms with van der Waals surface area (Å²) >= 11 is 0. The topological polar surface area (TPSA) is 81.4 Å². The lowest BCUT2D eigenvalue weighted by Gasteiger charge is -2.16. The second-order valence-electron chi connectivity index (χ2n) is 5.08. The Morgan fingerprint density at radius 2 is 1.85 bits per heavy atom. The third-order valence-electron chi connectivity index (χ3n) is 2.97. The fourth-order valence-electron chi connectivity index (χ4n) is 1.46. The van der Waals surface area contributed by atoms with Crippen molar-refractivity contribution < 1.29 is 13.2 Å². The SMILES string of the molecule is CCCOc1ccc(S(=O)(=O)NCC(N)C(C)C)cc1. The van der Waals surface area contributed by atoms with Crippen molar-refractivity contribution >= 4 is 10.0 Å². The first-order valence-electron chi connectivity index (χ1n) is 6.85. The number of nitrogens with one attached hydrogen (secondary N) is 1. The number of benzene rings is 1. The smallest absolute Gasteiger partial charge is 0.240 e. The molecule has 1 unspecified atom stereocenters. The van der Waals surface area contributed by atoms with Gasteiger partial charge in [0.1, 0.15) is 5.75 Å². The molecular weight excluding hydrogens is 276 g/mol. The molecule has 0 aromatic heterocycles. The van der Waals surface area contributed by atoms with Gasteiger partial charge in [0.15, 0.2) is 0 Å². The quantitative estimate of drug-likeness (QED) is 0.766. The first-order chi connectivity index (χ1) is 9.36. The molecular formula is C14H24N2O3S. The third kappa shape index (κ3) is 5.11. The van der Waals surface area contributed by atoms with E-state index in [-0.39, 0.29) is 23.4 Å². The number of hydrogen-bond acceptors (Lipinski definition) is 4. The van der Waals surface area contributed by atoms with Crippen molar-refractivity contribution in [2.24, 2.45) is 11.7 Å². The van der Waals surface area contributed by atoms with Crippen molar-refractivity contribution in [1.29, 1.82) is 0 Å². The highest BCUT2D eigenvalue weighted by atomic mass is 32.2. The molecule has 0 aliphatic carbocycles. The molecule has 1 aromatic rings. The number of ether oxygens (including phenoxy) is 1. The van der Waals surface area contributed by atoms with Gasteiger partial charge < -0.3 is 10.5 Å². The van der Waals surface area contributed by atoms with E-state index < -0.39 is 10.0 Å². The second-order valence-corrected chi connectivity index (χ2v) is 6.85. The molecule has 1 aromatic carbocycles. The van der Waals surface area contributed by atoms with E-state index in [4.69, 9.17) is 10.5 Å². The molecule has 0 saturated heterocycles. The largest absolute Gasteiger partial charge is 0.494 e. The van der Waals surface area contributed by atoms with E-state index in [1.165, 1.54) is 12.1 Å². The predicted molar refractivity (Wildman–Crippen MR) is 80.2 cm³/mol. The molecule has 1 atom stereocenters. The molecule has 0 fully saturated rings. The van der Waals surface area contributed by atoms with Gasteiger partial charge in [-0.25, -0.2) is 13.1 Å². The number of nitrogens with two attached hydrogens (primary N) is 1. The molecule has 5 nitrogen and oxygen atoms in total. The molecule has 0 amide bonds. The van der Waals surface area contributed by atoms with Crippen LogP contribution in [0.5, 0.6) is 5.75 Å². The lowest BCUT2D eigenvalue weighted by atomic mass is 10.1. The molecule has 0 saturated carbocycles. The van der Waals surface area contributed by atoms with E-state index in [1.807, 2.05) is 20.8 Å². The Morgan fingerprint density at radius 1 is 1.25 bits per heavy atom. The van der Waals surface area contributed by atoms with Crippen molar-refractivity contribution in [1.82, 2.24) is 4.72 Å². The zero-order valence-electron chi connectivity index (χ0n) is 12.3. The first kappa shape index (κ1) is 16.9. The molecule has 6 heteroatoms. The second kappa shape index (κ2) is 7.61. The Kier molecular flexibility index (Phi) is 6.45. The van der Waals surface area contributed by atoms with E-state index in [2.05, 4.69) is 4.72 Å². The van der Waals surface area contributed by atoms with Crippen LogP contribution in [0.1, 0.15) is 27.2 Å². The number of hydrogen-bond donors (Lipinski definition) is 2. The van der Waals surface area contributed by atoms with Crippen LogP contribution in [0.3, 0.4) is 0 Å². The van der Waals surface area contributed by atoms with Crippen LogP contribution >= 0.6 is 0 Å². The van der Waals surface area contributed by atoms with Gasteiger partial charge >= 0.3 is 0 Å². The first-order valence-corrected chi connectivity index (χ1v) is 8.33. The molecule has 3 N–H and O–H groups in total. The Morgan fingerprint density at radius 3 is 2.35 bits per heavy atom. The van der Waals surface area contributed by atoms with Crippen LogP contribution < -0.4 is 15.2 Å². The van der Waals surface area contributed by atoms with E-state index in [0.717, 1.165) is 6.42 Å². The summed E-state index contributed by atoms with van der Waals surface area (Å²) in [6.07, 6.45) is 0.911. The summed E-state index contributed by atoms with van der Waals surface area (Å²) in [6.45, 7) is 6.78. The maximum Gasteiger partial charge on any atom is 0.240 e. The van der Waals surface area contributed by atoms with Crippen molar-refractivity contribution in [3.63, 3.8) is 0 Å². The summed E-state index contributed by atoms with van der Waals surface area (Å²) in [4.78, 5) is 0.220. The molecule has 0 aliphatic heterocycles. The summed E-state index contributed by atoms with van der Waals surface area (Å²) in [5.41, 5.74) is 5.83. The van der Waals surface area contributed by atoms with Gasteiger partial charge in [-0.2, -0.15) is 0 Å². The molecule has 0 bridgehead atoms. The summed E-state index contributed by atoms with van der Waals surface area (Å²) in [7, 11) is -3.51. The zero-order chi connectivity index (χ0) is 15.2. The van der Waals surface area contributed by atoms with Gasteiger partial charge in [-0.15, -0.1) is 0 Å². The number of rotatable bonds is 8. The molecule has 0 radical (unpaired) electrons. The number of sulfonamides is 1. The van der Waals surface area contributed by atoms with Gasteiger partial charge in [-0.1, -0.05) is 20.8 Å². The van der Waals surface area contributed by atoms with E-state index in [9.17, 15) is 8.42 Å². The zero-order valence-corrected chi connectivity index (χ0v) is 13.1. The van der Waals surface area contributed by atoms with E-state index in [0.29, 0.717) is 12.4 Å². The minimum atomic E-state index is -3.51. The summed E-state index contributed by atoms with van der Waals surface area (Å²) in [5.74, 6) is 0.896. The minimum absolute atomic E-state index is 0.197. The molecule has 20 heavy (non-hydrogen) atoms. The Hall–Kier alpha value is -1.11. The summed E-state index contributed by atoms with van der Waals surface area (Å²) in [5, 5.41) is 0. The van der Waals surface area contributed by atoms with E-state index in [1.54, 1.807) is 12.1 Å². The average Bonchev–Trinajstić information content (AvgIpc) is 2.43. The lowest BCUT2D eigenvalue weighted by Crippen LogP contribution is -2.40. The lowest BCUT2D eigenvalue weighted by molar-refractivity contribution is 0.317. The molecule has 0 aliphatic rings. The maximum absolute atomic E-state index is 12.1. The van der Waals surface area contributed by atoms with Gasteiger partial charge in [0.25, 0.3) is 0 Å². The van der Waals surface area contributed by atoms with Crippen molar-refractivity contribution in [2.75, 3.05) is 13.2 Å². The van der Waals surface area contributed by atoms with Gasteiger partial charge in [-0.05, 0) is 36.6 Å². The van der Waals surface area contributed by atoms with Gasteiger partial charge in [-0.3, -0.25) is 0 Å². The Labute approximate surface area is 121 Å². The normalized spacial score (nSPS) is 13.4.